The van der Waals surface area contributed by atoms with Gasteiger partial charge in [-0.3, -0.25) is 10.1 Å². The van der Waals surface area contributed by atoms with Crippen molar-refractivity contribution in [2.24, 2.45) is 0 Å². The fraction of sp³-hybridized carbons (Fsp3) is 0.0526. The van der Waals surface area contributed by atoms with E-state index in [0.717, 1.165) is 17.7 Å². The molecule has 0 aliphatic rings. The summed E-state index contributed by atoms with van der Waals surface area (Å²) in [6.45, 7) is 0. The zero-order chi connectivity index (χ0) is 20.3. The SMILES string of the molecule is O=C(NC(=S)Nc1cccc(C(F)(F)F)c1)c1ccc(-c2ccc(Cl)cc2)o1. The second-order valence-electron chi connectivity index (χ2n) is 5.66. The van der Waals surface area contributed by atoms with Crippen LogP contribution in [0.3, 0.4) is 0 Å². The summed E-state index contributed by atoms with van der Waals surface area (Å²) in [5, 5.41) is 5.32. The number of nitrogens with one attached hydrogen (secondary N) is 2. The Hall–Kier alpha value is -2.84. The minimum atomic E-state index is -4.48. The van der Waals surface area contributed by atoms with Crippen LogP contribution in [0.1, 0.15) is 16.1 Å². The van der Waals surface area contributed by atoms with Gasteiger partial charge < -0.3 is 9.73 Å². The van der Waals surface area contributed by atoms with Crippen LogP contribution in [-0.2, 0) is 6.18 Å². The molecule has 0 saturated heterocycles. The molecule has 1 aromatic heterocycles. The van der Waals surface area contributed by atoms with E-state index in [4.69, 9.17) is 28.2 Å². The van der Waals surface area contributed by atoms with Crippen LogP contribution >= 0.6 is 23.8 Å². The van der Waals surface area contributed by atoms with Gasteiger partial charge in [-0.25, -0.2) is 0 Å². The first kappa shape index (κ1) is 19.9. The van der Waals surface area contributed by atoms with E-state index in [2.05, 4.69) is 10.6 Å². The van der Waals surface area contributed by atoms with Crippen molar-refractivity contribution in [2.45, 2.75) is 6.18 Å². The van der Waals surface area contributed by atoms with Gasteiger partial charge in [0.2, 0.25) is 0 Å². The van der Waals surface area contributed by atoms with Gasteiger partial charge in [0.25, 0.3) is 5.91 Å². The highest BCUT2D eigenvalue weighted by Gasteiger charge is 2.30. The number of alkyl halides is 3. The number of anilines is 1. The summed E-state index contributed by atoms with van der Waals surface area (Å²) in [7, 11) is 0. The summed E-state index contributed by atoms with van der Waals surface area (Å²) in [6, 6.07) is 14.4. The Bertz CT molecular complexity index is 1020. The summed E-state index contributed by atoms with van der Waals surface area (Å²) < 4.78 is 43.7. The predicted octanol–water partition coefficient (Wildman–Crippen LogP) is 5.75. The van der Waals surface area contributed by atoms with Crippen LogP contribution in [-0.4, -0.2) is 11.0 Å². The van der Waals surface area contributed by atoms with Gasteiger partial charge in [0.05, 0.1) is 5.56 Å². The van der Waals surface area contributed by atoms with Crippen LogP contribution < -0.4 is 10.6 Å². The number of thiocarbonyl (C=S) groups is 1. The monoisotopic (exact) mass is 424 g/mol. The third-order valence-electron chi connectivity index (χ3n) is 3.63. The maximum absolute atomic E-state index is 12.8. The third kappa shape index (κ3) is 4.90. The topological polar surface area (TPSA) is 54.3 Å². The van der Waals surface area contributed by atoms with Crippen molar-refractivity contribution < 1.29 is 22.4 Å². The molecule has 4 nitrogen and oxygen atoms in total. The van der Waals surface area contributed by atoms with E-state index in [1.807, 2.05) is 0 Å². The number of carbonyl (C=O) groups is 1. The number of carbonyl (C=O) groups excluding carboxylic acids is 1. The fourth-order valence-corrected chi connectivity index (χ4v) is 2.67. The molecule has 0 fully saturated rings. The van der Waals surface area contributed by atoms with E-state index in [-0.39, 0.29) is 16.6 Å². The molecule has 0 saturated carbocycles. The quantitative estimate of drug-likeness (QED) is 0.526. The molecule has 2 N–H and O–H groups in total. The van der Waals surface area contributed by atoms with Gasteiger partial charge in [-0.05, 0) is 66.8 Å². The Morgan fingerprint density at radius 1 is 1.04 bits per heavy atom. The Labute approximate surface area is 168 Å². The Morgan fingerprint density at radius 3 is 2.43 bits per heavy atom. The molecule has 9 heteroatoms. The molecule has 28 heavy (non-hydrogen) atoms. The van der Waals surface area contributed by atoms with Crippen LogP contribution in [0.4, 0.5) is 18.9 Å². The van der Waals surface area contributed by atoms with Crippen molar-refractivity contribution in [3.8, 4) is 11.3 Å². The average molecular weight is 425 g/mol. The largest absolute Gasteiger partial charge is 0.451 e. The molecule has 3 rings (SSSR count). The molecular formula is C19H12ClF3N2O2S. The van der Waals surface area contributed by atoms with Crippen LogP contribution in [0, 0.1) is 0 Å². The minimum Gasteiger partial charge on any atom is -0.451 e. The van der Waals surface area contributed by atoms with Crippen molar-refractivity contribution in [1.82, 2.24) is 5.32 Å². The van der Waals surface area contributed by atoms with Crippen LogP contribution in [0.5, 0.6) is 0 Å². The van der Waals surface area contributed by atoms with Crippen LogP contribution in [0.15, 0.2) is 65.1 Å². The molecule has 0 aliphatic heterocycles. The van der Waals surface area contributed by atoms with Crippen molar-refractivity contribution in [3.05, 3.63) is 77.0 Å². The molecule has 0 bridgehead atoms. The lowest BCUT2D eigenvalue weighted by Crippen LogP contribution is -2.33. The smallest absolute Gasteiger partial charge is 0.416 e. The highest BCUT2D eigenvalue weighted by atomic mass is 35.5. The molecule has 0 aliphatic carbocycles. The standard InChI is InChI=1S/C19H12ClF3N2O2S/c20-13-6-4-11(5-7-13)15-8-9-16(27-15)17(26)25-18(28)24-14-3-1-2-12(10-14)19(21,22)23/h1-10H,(H2,24,25,26,28). The number of amides is 1. The Morgan fingerprint density at radius 2 is 1.75 bits per heavy atom. The molecule has 0 spiro atoms. The Kier molecular flexibility index (Phi) is 5.71. The van der Waals surface area contributed by atoms with Gasteiger partial charge in [-0.2, -0.15) is 13.2 Å². The zero-order valence-electron chi connectivity index (χ0n) is 14.0. The minimum absolute atomic E-state index is 0.00172. The van der Waals surface area contributed by atoms with Gasteiger partial charge in [-0.1, -0.05) is 17.7 Å². The lowest BCUT2D eigenvalue weighted by molar-refractivity contribution is -0.137. The first-order valence-corrected chi connectivity index (χ1v) is 8.66. The van der Waals surface area contributed by atoms with Gasteiger partial charge in [-0.15, -0.1) is 0 Å². The number of halogens is 4. The predicted molar refractivity (Wildman–Crippen MR) is 104 cm³/mol. The number of benzene rings is 2. The molecule has 1 heterocycles. The van der Waals surface area contributed by atoms with E-state index in [0.29, 0.717) is 10.8 Å². The first-order valence-electron chi connectivity index (χ1n) is 7.88. The van der Waals surface area contributed by atoms with Crippen molar-refractivity contribution in [3.63, 3.8) is 0 Å². The van der Waals surface area contributed by atoms with E-state index in [1.54, 1.807) is 30.3 Å². The molecule has 0 radical (unpaired) electrons. The summed E-state index contributed by atoms with van der Waals surface area (Å²) in [6.07, 6.45) is -4.48. The van der Waals surface area contributed by atoms with Crippen molar-refractivity contribution >= 4 is 40.5 Å². The summed E-state index contributed by atoms with van der Waals surface area (Å²) in [5.41, 5.74) is -0.000178. The van der Waals surface area contributed by atoms with Gasteiger partial charge >= 0.3 is 6.18 Å². The molecule has 1 amide bonds. The van der Waals surface area contributed by atoms with Crippen molar-refractivity contribution in [1.29, 1.82) is 0 Å². The number of hydrogen-bond donors (Lipinski definition) is 2. The summed E-state index contributed by atoms with van der Waals surface area (Å²) in [5.74, 6) is -0.179. The zero-order valence-corrected chi connectivity index (χ0v) is 15.6. The lowest BCUT2D eigenvalue weighted by Gasteiger charge is -2.11. The Balaban J connectivity index is 1.65. The van der Waals surface area contributed by atoms with Crippen molar-refractivity contribution in [2.75, 3.05) is 5.32 Å². The number of rotatable bonds is 3. The first-order chi connectivity index (χ1) is 13.2. The maximum Gasteiger partial charge on any atom is 0.416 e. The van der Waals surface area contributed by atoms with E-state index >= 15 is 0 Å². The summed E-state index contributed by atoms with van der Waals surface area (Å²) in [4.78, 5) is 12.2. The van der Waals surface area contributed by atoms with E-state index < -0.39 is 17.6 Å². The van der Waals surface area contributed by atoms with E-state index in [1.165, 1.54) is 18.2 Å². The lowest BCUT2D eigenvalue weighted by atomic mass is 10.2. The molecule has 3 aromatic rings. The third-order valence-corrected chi connectivity index (χ3v) is 4.09. The summed E-state index contributed by atoms with van der Waals surface area (Å²) >= 11 is 10.8. The molecule has 0 atom stereocenters. The fourth-order valence-electron chi connectivity index (χ4n) is 2.33. The second kappa shape index (κ2) is 8.04. The van der Waals surface area contributed by atoms with Gasteiger partial charge in [0.1, 0.15) is 5.76 Å². The highest BCUT2D eigenvalue weighted by Crippen LogP contribution is 2.30. The number of hydrogen-bond acceptors (Lipinski definition) is 3. The van der Waals surface area contributed by atoms with Crippen LogP contribution in [0.25, 0.3) is 11.3 Å². The average Bonchev–Trinajstić information content (AvgIpc) is 3.12. The highest BCUT2D eigenvalue weighted by molar-refractivity contribution is 7.80. The van der Waals surface area contributed by atoms with Gasteiger partial charge in [0, 0.05) is 16.3 Å². The van der Waals surface area contributed by atoms with E-state index in [9.17, 15) is 18.0 Å². The molecule has 144 valence electrons. The maximum atomic E-state index is 12.8. The molecule has 2 aromatic carbocycles. The molecule has 0 unspecified atom stereocenters. The molecular weight excluding hydrogens is 413 g/mol. The van der Waals surface area contributed by atoms with Gasteiger partial charge in [0.15, 0.2) is 10.9 Å². The number of furan rings is 1. The van der Waals surface area contributed by atoms with Crippen LogP contribution in [0.2, 0.25) is 5.02 Å². The second-order valence-corrected chi connectivity index (χ2v) is 6.50. The normalized spacial score (nSPS) is 11.1.